The van der Waals surface area contributed by atoms with E-state index in [4.69, 9.17) is 9.47 Å². The molecule has 0 spiro atoms. The Labute approximate surface area is 140 Å². The highest BCUT2D eigenvalue weighted by Gasteiger charge is 2.37. The summed E-state index contributed by atoms with van der Waals surface area (Å²) >= 11 is 0. The molecule has 0 fully saturated rings. The molecule has 1 aromatic heterocycles. The van der Waals surface area contributed by atoms with Gasteiger partial charge in [-0.05, 0) is 12.1 Å². The molecule has 128 valence electrons. The Hall–Kier alpha value is -2.87. The highest BCUT2D eigenvalue weighted by molar-refractivity contribution is 5.60. The second kappa shape index (κ2) is 5.89. The first kappa shape index (κ1) is 15.6. The van der Waals surface area contributed by atoms with Crippen LogP contribution in [0.1, 0.15) is 11.4 Å². The van der Waals surface area contributed by atoms with E-state index in [0.717, 1.165) is 0 Å². The Morgan fingerprint density at radius 3 is 2.56 bits per heavy atom. The molecule has 8 heteroatoms. The molecule has 25 heavy (non-hydrogen) atoms. The Morgan fingerprint density at radius 2 is 1.80 bits per heavy atom. The lowest BCUT2D eigenvalue weighted by Crippen LogP contribution is -2.15. The van der Waals surface area contributed by atoms with Gasteiger partial charge in [-0.1, -0.05) is 36.4 Å². The Morgan fingerprint density at radius 1 is 1.00 bits per heavy atom. The van der Waals surface area contributed by atoms with Crippen molar-refractivity contribution in [1.29, 1.82) is 0 Å². The lowest BCUT2D eigenvalue weighted by atomic mass is 10.1. The van der Waals surface area contributed by atoms with Gasteiger partial charge < -0.3 is 9.47 Å². The number of benzene rings is 2. The predicted molar refractivity (Wildman–Crippen MR) is 82.1 cm³/mol. The summed E-state index contributed by atoms with van der Waals surface area (Å²) < 4.78 is 51.4. The van der Waals surface area contributed by atoms with Gasteiger partial charge in [-0.3, -0.25) is 0 Å². The van der Waals surface area contributed by atoms with E-state index in [0.29, 0.717) is 22.6 Å². The zero-order valence-corrected chi connectivity index (χ0v) is 12.8. The highest BCUT2D eigenvalue weighted by atomic mass is 19.4. The minimum Gasteiger partial charge on any atom is -0.467 e. The smallest absolute Gasteiger partial charge is 0.453 e. The molecule has 0 radical (unpaired) electrons. The molecule has 2 heterocycles. The lowest BCUT2D eigenvalue weighted by molar-refractivity contribution is -0.144. The number of rotatable bonds is 2. The van der Waals surface area contributed by atoms with Crippen LogP contribution in [0, 0.1) is 0 Å². The molecule has 0 amide bonds. The van der Waals surface area contributed by atoms with Crippen LogP contribution in [-0.2, 0) is 17.5 Å². The van der Waals surface area contributed by atoms with Crippen molar-refractivity contribution in [2.24, 2.45) is 0 Å². The zero-order chi connectivity index (χ0) is 17.4. The summed E-state index contributed by atoms with van der Waals surface area (Å²) in [5.74, 6) is -0.527. The van der Waals surface area contributed by atoms with Crippen LogP contribution in [0.25, 0.3) is 17.1 Å². The maximum atomic E-state index is 13.2. The molecule has 1 aliphatic heterocycles. The summed E-state index contributed by atoms with van der Waals surface area (Å²) in [6.45, 7) is 0.327. The Kier molecular flexibility index (Phi) is 3.69. The van der Waals surface area contributed by atoms with E-state index >= 15 is 0 Å². The summed E-state index contributed by atoms with van der Waals surface area (Å²) in [6, 6.07) is 13.7. The van der Waals surface area contributed by atoms with Gasteiger partial charge in [-0.25, -0.2) is 9.67 Å². The normalized spacial score (nSPS) is 14.0. The van der Waals surface area contributed by atoms with Gasteiger partial charge in [-0.15, -0.1) is 5.10 Å². The third-order valence-electron chi connectivity index (χ3n) is 3.77. The molecule has 0 bridgehead atoms. The first-order valence-electron chi connectivity index (χ1n) is 7.46. The molecule has 0 unspecified atom stereocenters. The monoisotopic (exact) mass is 347 g/mol. The van der Waals surface area contributed by atoms with Gasteiger partial charge >= 0.3 is 6.18 Å². The maximum absolute atomic E-state index is 13.2. The Balaban J connectivity index is 1.94. The van der Waals surface area contributed by atoms with Crippen molar-refractivity contribution in [1.82, 2.24) is 14.8 Å². The molecule has 0 atom stereocenters. The van der Waals surface area contributed by atoms with Crippen LogP contribution in [0.3, 0.4) is 0 Å². The fourth-order valence-corrected chi connectivity index (χ4v) is 2.66. The molecule has 0 N–H and O–H groups in total. The fourth-order valence-electron chi connectivity index (χ4n) is 2.66. The SMILES string of the molecule is FC(F)(F)c1nc(-c2ccccc2)n(-c2cccc3c2COCO3)n1. The number of fused-ring (bicyclic) bond motifs is 1. The van der Waals surface area contributed by atoms with E-state index in [1.165, 1.54) is 4.68 Å². The molecule has 0 aliphatic carbocycles. The van der Waals surface area contributed by atoms with Gasteiger partial charge in [0.05, 0.1) is 12.3 Å². The van der Waals surface area contributed by atoms with Crippen LogP contribution in [0.5, 0.6) is 5.75 Å². The first-order chi connectivity index (χ1) is 12.0. The van der Waals surface area contributed by atoms with Crippen molar-refractivity contribution in [3.8, 4) is 22.8 Å². The molecular weight excluding hydrogens is 335 g/mol. The number of hydrogen-bond donors (Lipinski definition) is 0. The van der Waals surface area contributed by atoms with Gasteiger partial charge in [0.2, 0.25) is 0 Å². The van der Waals surface area contributed by atoms with Crippen molar-refractivity contribution in [3.63, 3.8) is 0 Å². The van der Waals surface area contributed by atoms with E-state index in [1.807, 2.05) is 0 Å². The second-order valence-corrected chi connectivity index (χ2v) is 5.40. The minimum atomic E-state index is -4.64. The fraction of sp³-hybridized carbons (Fsp3) is 0.176. The lowest BCUT2D eigenvalue weighted by Gasteiger charge is -2.20. The van der Waals surface area contributed by atoms with Crippen LogP contribution >= 0.6 is 0 Å². The number of hydrogen-bond acceptors (Lipinski definition) is 4. The molecule has 5 nitrogen and oxygen atoms in total. The topological polar surface area (TPSA) is 49.2 Å². The van der Waals surface area contributed by atoms with Crippen molar-refractivity contribution in [2.45, 2.75) is 12.8 Å². The minimum absolute atomic E-state index is 0.104. The quantitative estimate of drug-likeness (QED) is 0.707. The van der Waals surface area contributed by atoms with Crippen LogP contribution in [0.2, 0.25) is 0 Å². The average molecular weight is 347 g/mol. The summed E-state index contributed by atoms with van der Waals surface area (Å²) in [5, 5.41) is 3.71. The van der Waals surface area contributed by atoms with Crippen LogP contribution < -0.4 is 4.74 Å². The van der Waals surface area contributed by atoms with E-state index in [2.05, 4.69) is 10.1 Å². The zero-order valence-electron chi connectivity index (χ0n) is 12.8. The number of ether oxygens (including phenoxy) is 2. The number of aromatic nitrogens is 3. The molecule has 4 rings (SSSR count). The largest absolute Gasteiger partial charge is 0.467 e. The average Bonchev–Trinajstić information content (AvgIpc) is 3.07. The van der Waals surface area contributed by atoms with Gasteiger partial charge in [0.15, 0.2) is 12.6 Å². The summed E-state index contributed by atoms with van der Waals surface area (Å²) in [4.78, 5) is 3.72. The predicted octanol–water partition coefficient (Wildman–Crippen LogP) is 3.82. The van der Waals surface area contributed by atoms with Gasteiger partial charge in [0.25, 0.3) is 5.82 Å². The van der Waals surface area contributed by atoms with E-state index < -0.39 is 12.0 Å². The summed E-state index contributed by atoms with van der Waals surface area (Å²) in [5.41, 5.74) is 1.60. The van der Waals surface area contributed by atoms with E-state index in [1.54, 1.807) is 48.5 Å². The third-order valence-corrected chi connectivity index (χ3v) is 3.77. The molecule has 1 aliphatic rings. The summed E-state index contributed by atoms with van der Waals surface area (Å²) in [7, 11) is 0. The first-order valence-corrected chi connectivity index (χ1v) is 7.46. The van der Waals surface area contributed by atoms with Gasteiger partial charge in [-0.2, -0.15) is 13.2 Å². The molecule has 0 saturated carbocycles. The van der Waals surface area contributed by atoms with Crippen molar-refractivity contribution >= 4 is 0 Å². The van der Waals surface area contributed by atoms with E-state index in [-0.39, 0.29) is 19.2 Å². The number of alkyl halides is 3. The van der Waals surface area contributed by atoms with Crippen LogP contribution in [0.15, 0.2) is 48.5 Å². The van der Waals surface area contributed by atoms with Crippen molar-refractivity contribution < 1.29 is 22.6 Å². The Bertz CT molecular complexity index is 907. The van der Waals surface area contributed by atoms with Gasteiger partial charge in [0, 0.05) is 11.1 Å². The molecule has 2 aromatic carbocycles. The molecular formula is C17H12F3N3O2. The third kappa shape index (κ3) is 2.85. The van der Waals surface area contributed by atoms with Crippen molar-refractivity contribution in [2.75, 3.05) is 6.79 Å². The molecule has 3 aromatic rings. The standard InChI is InChI=1S/C17H12F3N3O2/c18-17(19,20)16-21-15(11-5-2-1-3-6-11)23(22-16)13-7-4-8-14-12(13)9-24-10-25-14/h1-8H,9-10H2. The van der Waals surface area contributed by atoms with E-state index in [9.17, 15) is 13.2 Å². The number of nitrogens with zero attached hydrogens (tertiary/aromatic N) is 3. The molecule has 0 saturated heterocycles. The highest BCUT2D eigenvalue weighted by Crippen LogP contribution is 2.34. The van der Waals surface area contributed by atoms with Gasteiger partial charge in [0.1, 0.15) is 5.75 Å². The van der Waals surface area contributed by atoms with Crippen LogP contribution in [-0.4, -0.2) is 21.6 Å². The summed E-state index contributed by atoms with van der Waals surface area (Å²) in [6.07, 6.45) is -4.64. The second-order valence-electron chi connectivity index (χ2n) is 5.40. The maximum Gasteiger partial charge on any atom is 0.453 e. The number of halogens is 3. The van der Waals surface area contributed by atoms with Crippen LogP contribution in [0.4, 0.5) is 13.2 Å². The van der Waals surface area contributed by atoms with Crippen molar-refractivity contribution in [3.05, 3.63) is 59.9 Å².